The number of benzene rings is 1. The minimum absolute atomic E-state index is 0.274. The van der Waals surface area contributed by atoms with Gasteiger partial charge in [0.2, 0.25) is 0 Å². The molecule has 1 aliphatic heterocycles. The van der Waals surface area contributed by atoms with E-state index in [0.717, 1.165) is 11.7 Å². The van der Waals surface area contributed by atoms with Gasteiger partial charge in [-0.3, -0.25) is 0 Å². The molecule has 0 bridgehead atoms. The van der Waals surface area contributed by atoms with E-state index in [2.05, 4.69) is 60.1 Å². The van der Waals surface area contributed by atoms with Crippen molar-refractivity contribution in [2.24, 2.45) is 5.73 Å². The van der Waals surface area contributed by atoms with E-state index in [9.17, 15) is 0 Å². The van der Waals surface area contributed by atoms with Crippen LogP contribution in [0.5, 0.6) is 0 Å². The monoisotopic (exact) mass is 323 g/mol. The first-order chi connectivity index (χ1) is 9.79. The first-order valence-corrected chi connectivity index (χ1v) is 10.2. The van der Waals surface area contributed by atoms with E-state index < -0.39 is 0 Å². The second kappa shape index (κ2) is 6.73. The minimum atomic E-state index is 0.274. The van der Waals surface area contributed by atoms with Gasteiger partial charge < -0.3 is 5.73 Å². The number of nitrogens with two attached hydrogens (primary N) is 1. The average molecular weight is 324 g/mol. The van der Waals surface area contributed by atoms with E-state index in [0.29, 0.717) is 5.25 Å². The van der Waals surface area contributed by atoms with Crippen LogP contribution in [0.4, 0.5) is 0 Å². The van der Waals surface area contributed by atoms with Gasteiger partial charge in [-0.2, -0.15) is 23.5 Å². The van der Waals surface area contributed by atoms with Crippen molar-refractivity contribution in [2.75, 3.05) is 11.5 Å². The zero-order valence-electron chi connectivity index (χ0n) is 11.7. The SMILES string of the molecule is CCC1SCCSC1C(N)Cc1csc2ccccc12. The third kappa shape index (κ3) is 3.03. The van der Waals surface area contributed by atoms with Crippen LogP contribution < -0.4 is 5.73 Å². The van der Waals surface area contributed by atoms with Crippen molar-refractivity contribution >= 4 is 44.9 Å². The quantitative estimate of drug-likeness (QED) is 0.903. The first kappa shape index (κ1) is 14.8. The molecule has 20 heavy (non-hydrogen) atoms. The molecular weight excluding hydrogens is 302 g/mol. The van der Waals surface area contributed by atoms with Crippen LogP contribution in [0, 0.1) is 0 Å². The average Bonchev–Trinajstić information content (AvgIpc) is 2.90. The Morgan fingerprint density at radius 3 is 2.90 bits per heavy atom. The maximum absolute atomic E-state index is 6.57. The van der Waals surface area contributed by atoms with Crippen molar-refractivity contribution < 1.29 is 0 Å². The number of hydrogen-bond donors (Lipinski definition) is 1. The van der Waals surface area contributed by atoms with Gasteiger partial charge in [-0.25, -0.2) is 0 Å². The van der Waals surface area contributed by atoms with Crippen LogP contribution in [0.2, 0.25) is 0 Å². The van der Waals surface area contributed by atoms with Gasteiger partial charge in [-0.15, -0.1) is 11.3 Å². The summed E-state index contributed by atoms with van der Waals surface area (Å²) in [6.45, 7) is 2.29. The molecule has 1 aromatic carbocycles. The molecule has 1 fully saturated rings. The van der Waals surface area contributed by atoms with E-state index in [1.807, 2.05) is 11.3 Å². The van der Waals surface area contributed by atoms with Gasteiger partial charge in [0.25, 0.3) is 0 Å². The van der Waals surface area contributed by atoms with Crippen LogP contribution in [-0.2, 0) is 6.42 Å². The standard InChI is InChI=1S/C16H21NS3/c1-2-14-16(19-8-7-18-14)13(17)9-11-10-20-15-6-4-3-5-12(11)15/h3-6,10,13-14,16H,2,7-9,17H2,1H3. The molecule has 1 nitrogen and oxygen atoms in total. The summed E-state index contributed by atoms with van der Waals surface area (Å²) in [5, 5.41) is 5.03. The van der Waals surface area contributed by atoms with Gasteiger partial charge in [0.15, 0.2) is 0 Å². The molecule has 1 aliphatic rings. The van der Waals surface area contributed by atoms with Gasteiger partial charge in [-0.05, 0) is 35.2 Å². The highest BCUT2D eigenvalue weighted by Gasteiger charge is 2.30. The maximum atomic E-state index is 6.57. The fraction of sp³-hybridized carbons (Fsp3) is 0.500. The van der Waals surface area contributed by atoms with Crippen LogP contribution in [0.3, 0.4) is 0 Å². The molecule has 3 atom stereocenters. The lowest BCUT2D eigenvalue weighted by Gasteiger charge is -2.34. The van der Waals surface area contributed by atoms with Gasteiger partial charge in [0.05, 0.1) is 0 Å². The Kier molecular flexibility index (Phi) is 4.97. The van der Waals surface area contributed by atoms with Gasteiger partial charge >= 0.3 is 0 Å². The Labute approximate surface area is 133 Å². The van der Waals surface area contributed by atoms with E-state index in [-0.39, 0.29) is 6.04 Å². The summed E-state index contributed by atoms with van der Waals surface area (Å²) in [5.74, 6) is 2.54. The zero-order chi connectivity index (χ0) is 13.9. The number of fused-ring (bicyclic) bond motifs is 1. The van der Waals surface area contributed by atoms with Crippen molar-refractivity contribution in [3.05, 3.63) is 35.2 Å². The summed E-state index contributed by atoms with van der Waals surface area (Å²) >= 11 is 6.05. The second-order valence-corrected chi connectivity index (χ2v) is 8.82. The maximum Gasteiger partial charge on any atom is 0.0345 e. The van der Waals surface area contributed by atoms with Gasteiger partial charge in [0.1, 0.15) is 0 Å². The van der Waals surface area contributed by atoms with Crippen molar-refractivity contribution in [2.45, 2.75) is 36.3 Å². The highest BCUT2D eigenvalue weighted by Crippen LogP contribution is 2.36. The van der Waals surface area contributed by atoms with E-state index in [1.54, 1.807) is 0 Å². The van der Waals surface area contributed by atoms with Crippen LogP contribution in [-0.4, -0.2) is 28.0 Å². The molecule has 2 N–H and O–H groups in total. The largest absolute Gasteiger partial charge is 0.326 e. The Balaban J connectivity index is 1.76. The summed E-state index contributed by atoms with van der Waals surface area (Å²) in [6.07, 6.45) is 2.25. The lowest BCUT2D eigenvalue weighted by molar-refractivity contribution is 0.599. The number of hydrogen-bond acceptors (Lipinski definition) is 4. The molecule has 1 aromatic heterocycles. The number of rotatable bonds is 4. The zero-order valence-corrected chi connectivity index (χ0v) is 14.2. The predicted octanol–water partition coefficient (Wildman–Crippen LogP) is 4.40. The molecule has 0 saturated carbocycles. The highest BCUT2D eigenvalue weighted by atomic mass is 32.2. The van der Waals surface area contributed by atoms with Crippen molar-refractivity contribution in [1.29, 1.82) is 0 Å². The van der Waals surface area contributed by atoms with Crippen LogP contribution >= 0.6 is 34.9 Å². The first-order valence-electron chi connectivity index (χ1n) is 7.23. The van der Waals surface area contributed by atoms with E-state index >= 15 is 0 Å². The van der Waals surface area contributed by atoms with Crippen molar-refractivity contribution in [3.63, 3.8) is 0 Å². The molecule has 4 heteroatoms. The Morgan fingerprint density at radius 2 is 2.05 bits per heavy atom. The fourth-order valence-corrected chi connectivity index (χ4v) is 7.07. The molecule has 108 valence electrons. The third-order valence-corrected chi connectivity index (χ3v) is 8.37. The Hall–Kier alpha value is -0.160. The smallest absolute Gasteiger partial charge is 0.0345 e. The molecule has 0 spiro atoms. The van der Waals surface area contributed by atoms with E-state index in [1.165, 1.54) is 33.6 Å². The van der Waals surface area contributed by atoms with Crippen molar-refractivity contribution in [1.82, 2.24) is 0 Å². The normalized spacial score (nSPS) is 24.9. The summed E-state index contributed by atoms with van der Waals surface area (Å²) in [5.41, 5.74) is 8.00. The predicted molar refractivity (Wildman–Crippen MR) is 96.3 cm³/mol. The van der Waals surface area contributed by atoms with Crippen molar-refractivity contribution in [3.8, 4) is 0 Å². The summed E-state index contributed by atoms with van der Waals surface area (Å²) in [7, 11) is 0. The minimum Gasteiger partial charge on any atom is -0.326 e. The topological polar surface area (TPSA) is 26.0 Å². The van der Waals surface area contributed by atoms with E-state index in [4.69, 9.17) is 5.73 Å². The van der Waals surface area contributed by atoms with Gasteiger partial charge in [-0.1, -0.05) is 25.1 Å². The Bertz CT molecular complexity index is 566. The second-order valence-electron chi connectivity index (χ2n) is 5.28. The highest BCUT2D eigenvalue weighted by molar-refractivity contribution is 8.07. The molecule has 3 unspecified atom stereocenters. The molecule has 3 rings (SSSR count). The molecule has 1 saturated heterocycles. The summed E-state index contributed by atoms with van der Waals surface area (Å²) in [6, 6.07) is 8.95. The van der Waals surface area contributed by atoms with Crippen LogP contribution in [0.1, 0.15) is 18.9 Å². The van der Waals surface area contributed by atoms with Crippen LogP contribution in [0.15, 0.2) is 29.6 Å². The summed E-state index contributed by atoms with van der Waals surface area (Å²) < 4.78 is 1.38. The third-order valence-electron chi connectivity index (χ3n) is 3.93. The molecular formula is C16H21NS3. The lowest BCUT2D eigenvalue weighted by Crippen LogP contribution is -2.43. The summed E-state index contributed by atoms with van der Waals surface area (Å²) in [4.78, 5) is 0. The molecule has 0 aliphatic carbocycles. The fourth-order valence-electron chi connectivity index (χ4n) is 2.90. The lowest BCUT2D eigenvalue weighted by atomic mass is 10.0. The molecule has 0 radical (unpaired) electrons. The number of thioether (sulfide) groups is 2. The molecule has 2 heterocycles. The molecule has 2 aromatic rings. The Morgan fingerprint density at radius 1 is 1.25 bits per heavy atom. The van der Waals surface area contributed by atoms with Gasteiger partial charge in [0, 0.05) is 32.7 Å². The number of thiophene rings is 1. The van der Waals surface area contributed by atoms with Crippen LogP contribution in [0.25, 0.3) is 10.1 Å². The molecule has 0 amide bonds.